The number of benzene rings is 3. The lowest BCUT2D eigenvalue weighted by molar-refractivity contribution is 0.0991. The third-order valence-electron chi connectivity index (χ3n) is 7.21. The molecule has 0 aliphatic carbocycles. The van der Waals surface area contributed by atoms with Crippen molar-refractivity contribution in [2.24, 2.45) is 0 Å². The van der Waals surface area contributed by atoms with Crippen molar-refractivity contribution in [1.29, 1.82) is 0 Å². The number of halogens is 1. The van der Waals surface area contributed by atoms with Crippen molar-refractivity contribution in [3.8, 4) is 23.1 Å². The number of carbonyl (C=O) groups is 1. The molecule has 0 radical (unpaired) electrons. The second-order valence-electron chi connectivity index (χ2n) is 9.86. The van der Waals surface area contributed by atoms with Crippen molar-refractivity contribution >= 4 is 27.6 Å². The van der Waals surface area contributed by atoms with Crippen LogP contribution in [-0.2, 0) is 19.4 Å². The van der Waals surface area contributed by atoms with Gasteiger partial charge in [0.05, 0.1) is 36.2 Å². The number of carbonyl (C=O) groups excluding carboxylic acids is 1. The predicted molar refractivity (Wildman–Crippen MR) is 148 cm³/mol. The molecule has 9 heteroatoms. The van der Waals surface area contributed by atoms with Gasteiger partial charge in [-0.05, 0) is 60.7 Å². The van der Waals surface area contributed by atoms with E-state index in [-0.39, 0.29) is 34.8 Å². The highest BCUT2D eigenvalue weighted by Crippen LogP contribution is 2.36. The van der Waals surface area contributed by atoms with Crippen LogP contribution in [-0.4, -0.2) is 34.5 Å². The Labute approximate surface area is 229 Å². The number of aromatic nitrogens is 3. The van der Waals surface area contributed by atoms with Gasteiger partial charge in [0.15, 0.2) is 34.3 Å². The van der Waals surface area contributed by atoms with Crippen molar-refractivity contribution in [2.45, 2.75) is 32.7 Å². The number of Topliss-reactive ketones (excluding diaryl/α,β-unsaturated/α-hetero) is 1. The van der Waals surface area contributed by atoms with E-state index in [0.717, 1.165) is 36.0 Å². The van der Waals surface area contributed by atoms with Crippen molar-refractivity contribution in [3.63, 3.8) is 0 Å². The molecule has 40 heavy (non-hydrogen) atoms. The summed E-state index contributed by atoms with van der Waals surface area (Å²) in [5, 5.41) is 1.07. The van der Waals surface area contributed by atoms with E-state index in [0.29, 0.717) is 33.4 Å². The molecular formula is C31H26FN3O5. The molecule has 0 saturated carbocycles. The smallest absolute Gasteiger partial charge is 0.230 e. The van der Waals surface area contributed by atoms with Crippen LogP contribution < -0.4 is 19.6 Å². The van der Waals surface area contributed by atoms with Crippen LogP contribution in [0, 0.1) is 12.7 Å². The van der Waals surface area contributed by atoms with Gasteiger partial charge in [0.1, 0.15) is 6.33 Å². The zero-order chi connectivity index (χ0) is 28.0. The van der Waals surface area contributed by atoms with Crippen LogP contribution in [0.5, 0.6) is 23.1 Å². The Balaban J connectivity index is 1.28. The Bertz CT molecular complexity index is 1880. The maximum Gasteiger partial charge on any atom is 0.230 e. The van der Waals surface area contributed by atoms with Gasteiger partial charge in [-0.2, -0.15) is 0 Å². The van der Waals surface area contributed by atoms with Crippen LogP contribution in [0.25, 0.3) is 21.8 Å². The van der Waals surface area contributed by atoms with Gasteiger partial charge in [-0.25, -0.2) is 14.4 Å². The standard InChI is InChI=1S/C31H26FN3O5/c1-17-9-19-5-4-8-35-15-22(30(37)21(10-17)29(19)35)25(36)12-18-6-7-26(23(32)11-18)40-31-20-13-27(38-2)28(39-3)14-24(20)33-16-34-31/h6-7,9-11,13-16H,4-5,8,12H2,1-3H3. The molecule has 0 amide bonds. The van der Waals surface area contributed by atoms with Crippen molar-refractivity contribution < 1.29 is 23.4 Å². The maximum atomic E-state index is 15.2. The van der Waals surface area contributed by atoms with E-state index in [4.69, 9.17) is 14.2 Å². The molecule has 5 aromatic rings. The second kappa shape index (κ2) is 10.1. The van der Waals surface area contributed by atoms with Gasteiger partial charge in [0.2, 0.25) is 5.88 Å². The van der Waals surface area contributed by atoms with E-state index in [1.165, 1.54) is 32.7 Å². The van der Waals surface area contributed by atoms with Crippen LogP contribution in [0.15, 0.2) is 59.8 Å². The fourth-order valence-corrected chi connectivity index (χ4v) is 5.36. The van der Waals surface area contributed by atoms with E-state index < -0.39 is 5.82 Å². The number of aryl methyl sites for hydroxylation is 3. The van der Waals surface area contributed by atoms with E-state index in [1.54, 1.807) is 24.4 Å². The minimum Gasteiger partial charge on any atom is -0.493 e. The van der Waals surface area contributed by atoms with Gasteiger partial charge in [-0.3, -0.25) is 9.59 Å². The fourth-order valence-electron chi connectivity index (χ4n) is 5.36. The molecule has 0 bridgehead atoms. The molecular weight excluding hydrogens is 513 g/mol. The number of methoxy groups -OCH3 is 2. The first kappa shape index (κ1) is 25.5. The maximum absolute atomic E-state index is 15.2. The summed E-state index contributed by atoms with van der Waals surface area (Å²) in [4.78, 5) is 35.0. The minimum absolute atomic E-state index is 0.0656. The summed E-state index contributed by atoms with van der Waals surface area (Å²) in [6.45, 7) is 2.69. The molecule has 1 aliphatic rings. The van der Waals surface area contributed by atoms with E-state index in [1.807, 2.05) is 17.6 Å². The summed E-state index contributed by atoms with van der Waals surface area (Å²) in [5.74, 6) is -0.00567. The highest BCUT2D eigenvalue weighted by atomic mass is 19.1. The number of pyridine rings is 1. The average Bonchev–Trinajstić information content (AvgIpc) is 2.95. The molecule has 3 aromatic carbocycles. The van der Waals surface area contributed by atoms with Gasteiger partial charge in [-0.1, -0.05) is 12.1 Å². The van der Waals surface area contributed by atoms with Crippen molar-refractivity contribution in [3.05, 3.63) is 93.3 Å². The Morgan fingerprint density at radius 1 is 1.00 bits per heavy atom. The molecule has 0 saturated heterocycles. The number of hydrogen-bond donors (Lipinski definition) is 0. The highest BCUT2D eigenvalue weighted by molar-refractivity contribution is 6.00. The molecule has 8 nitrogen and oxygen atoms in total. The first-order valence-electron chi connectivity index (χ1n) is 12.9. The first-order chi connectivity index (χ1) is 19.4. The molecule has 6 rings (SSSR count). The van der Waals surface area contributed by atoms with Gasteiger partial charge >= 0.3 is 0 Å². The normalized spacial score (nSPS) is 12.5. The number of ether oxygens (including phenoxy) is 3. The average molecular weight is 540 g/mol. The van der Waals surface area contributed by atoms with Crippen LogP contribution in [0.3, 0.4) is 0 Å². The summed E-state index contributed by atoms with van der Waals surface area (Å²) < 4.78 is 33.6. The Hall–Kier alpha value is -4.79. The van der Waals surface area contributed by atoms with Gasteiger partial charge in [0.25, 0.3) is 0 Å². The van der Waals surface area contributed by atoms with Crippen LogP contribution >= 0.6 is 0 Å². The molecule has 0 spiro atoms. The van der Waals surface area contributed by atoms with Gasteiger partial charge in [0, 0.05) is 30.6 Å². The lowest BCUT2D eigenvalue weighted by Gasteiger charge is -2.21. The monoisotopic (exact) mass is 539 g/mol. The number of ketones is 1. The Morgan fingerprint density at radius 2 is 1.80 bits per heavy atom. The largest absolute Gasteiger partial charge is 0.493 e. The zero-order valence-electron chi connectivity index (χ0n) is 22.3. The molecule has 1 aliphatic heterocycles. The van der Waals surface area contributed by atoms with Gasteiger partial charge in [-0.15, -0.1) is 0 Å². The molecule has 0 fully saturated rings. The second-order valence-corrected chi connectivity index (χ2v) is 9.86. The highest BCUT2D eigenvalue weighted by Gasteiger charge is 2.21. The molecule has 3 heterocycles. The predicted octanol–water partition coefficient (Wildman–Crippen LogP) is 5.57. The van der Waals surface area contributed by atoms with Crippen LogP contribution in [0.4, 0.5) is 4.39 Å². The molecule has 2 aromatic heterocycles. The fraction of sp³-hybridized carbons (Fsp3) is 0.226. The van der Waals surface area contributed by atoms with Crippen LogP contribution in [0.1, 0.15) is 33.5 Å². The SMILES string of the molecule is COc1cc2ncnc(Oc3ccc(CC(=O)c4cn5c6c(cc(C)cc6c4=O)CCC5)cc3F)c2cc1OC. The summed E-state index contributed by atoms with van der Waals surface area (Å²) in [7, 11) is 3.03. The summed E-state index contributed by atoms with van der Waals surface area (Å²) in [5.41, 5.74) is 3.81. The number of hydrogen-bond acceptors (Lipinski definition) is 7. The lowest BCUT2D eigenvalue weighted by Crippen LogP contribution is -2.23. The first-order valence-corrected chi connectivity index (χ1v) is 12.9. The quantitative estimate of drug-likeness (QED) is 0.250. The number of rotatable bonds is 7. The lowest BCUT2D eigenvalue weighted by atomic mass is 9.95. The molecule has 0 unspecified atom stereocenters. The Morgan fingerprint density at radius 3 is 2.58 bits per heavy atom. The van der Waals surface area contributed by atoms with Crippen molar-refractivity contribution in [2.75, 3.05) is 14.2 Å². The van der Waals surface area contributed by atoms with E-state index in [2.05, 4.69) is 16.0 Å². The van der Waals surface area contributed by atoms with E-state index >= 15 is 4.39 Å². The molecule has 0 N–H and O–H groups in total. The van der Waals surface area contributed by atoms with Crippen LogP contribution in [0.2, 0.25) is 0 Å². The topological polar surface area (TPSA) is 92.5 Å². The molecule has 202 valence electrons. The summed E-state index contributed by atoms with van der Waals surface area (Å²) in [6.07, 6.45) is 4.70. The van der Waals surface area contributed by atoms with Crippen molar-refractivity contribution in [1.82, 2.24) is 14.5 Å². The third-order valence-corrected chi connectivity index (χ3v) is 7.21. The zero-order valence-corrected chi connectivity index (χ0v) is 22.3. The summed E-state index contributed by atoms with van der Waals surface area (Å²) >= 11 is 0. The third kappa shape index (κ3) is 4.43. The van der Waals surface area contributed by atoms with E-state index in [9.17, 15) is 9.59 Å². The number of nitrogens with zero attached hydrogens (tertiary/aromatic N) is 3. The minimum atomic E-state index is -0.664. The number of fused-ring (bicyclic) bond motifs is 1. The van der Waals surface area contributed by atoms with Gasteiger partial charge < -0.3 is 18.8 Å². The molecule has 0 atom stereocenters. The Kier molecular flexibility index (Phi) is 6.42. The summed E-state index contributed by atoms with van der Waals surface area (Å²) in [6, 6.07) is 11.6.